The first-order valence-electron chi connectivity index (χ1n) is 11.5. The van der Waals surface area contributed by atoms with Gasteiger partial charge in [-0.3, -0.25) is 9.48 Å². The normalized spacial score (nSPS) is 19.8. The number of nitrogens with one attached hydrogen (secondary N) is 1. The summed E-state index contributed by atoms with van der Waals surface area (Å²) in [6.07, 6.45) is 0.788. The van der Waals surface area contributed by atoms with Gasteiger partial charge in [0.2, 0.25) is 5.95 Å². The Morgan fingerprint density at radius 2 is 1.81 bits per heavy atom. The first-order chi connectivity index (χ1) is 17.4. The Kier molecular flexibility index (Phi) is 7.11. The highest BCUT2D eigenvalue weighted by Gasteiger charge is 2.47. The van der Waals surface area contributed by atoms with E-state index in [0.717, 1.165) is 4.90 Å². The molecular weight excluding hydrogens is 499 g/mol. The highest BCUT2D eigenvalue weighted by Crippen LogP contribution is 2.36. The number of alkyl halides is 5. The van der Waals surface area contributed by atoms with Crippen LogP contribution in [0.5, 0.6) is 0 Å². The Morgan fingerprint density at radius 1 is 1.16 bits per heavy atom. The Morgan fingerprint density at radius 3 is 2.41 bits per heavy atom. The molecule has 0 aromatic carbocycles. The number of amides is 1. The van der Waals surface area contributed by atoms with Gasteiger partial charge in [0.25, 0.3) is 11.8 Å². The SMILES string of the molecule is CC(C)n1cc(-c2ncccn2)c(C(=O)N2CC(F)(F)C[C@@H](C)[C@H]2CNc2ncc(C(F)(F)F)cn2)n1. The zero-order chi connectivity index (χ0) is 27.0. The van der Waals surface area contributed by atoms with Gasteiger partial charge in [-0.15, -0.1) is 0 Å². The molecule has 4 heterocycles. The minimum absolute atomic E-state index is 0.0591. The summed E-state index contributed by atoms with van der Waals surface area (Å²) < 4.78 is 69.2. The number of aromatic nitrogens is 6. The Labute approximate surface area is 209 Å². The Bertz CT molecular complexity index is 1230. The van der Waals surface area contributed by atoms with Gasteiger partial charge in [0.05, 0.1) is 23.7 Å². The lowest BCUT2D eigenvalue weighted by molar-refractivity contribution is -0.138. The van der Waals surface area contributed by atoms with Gasteiger partial charge in [0, 0.05) is 50.0 Å². The van der Waals surface area contributed by atoms with Crippen LogP contribution in [-0.2, 0) is 6.18 Å². The van der Waals surface area contributed by atoms with Crippen molar-refractivity contribution in [2.45, 2.75) is 51.4 Å². The van der Waals surface area contributed by atoms with E-state index in [1.165, 1.54) is 17.1 Å². The predicted octanol–water partition coefficient (Wildman–Crippen LogP) is 4.33. The summed E-state index contributed by atoms with van der Waals surface area (Å²) in [6, 6.07) is 0.738. The minimum Gasteiger partial charge on any atom is -0.352 e. The number of rotatable bonds is 6. The van der Waals surface area contributed by atoms with Crippen LogP contribution >= 0.6 is 0 Å². The summed E-state index contributed by atoms with van der Waals surface area (Å²) in [5, 5.41) is 7.15. The third-order valence-corrected chi connectivity index (χ3v) is 6.06. The number of carbonyl (C=O) groups excluding carboxylic acids is 1. The fourth-order valence-electron chi connectivity index (χ4n) is 4.19. The van der Waals surface area contributed by atoms with E-state index < -0.39 is 48.5 Å². The second-order valence-corrected chi connectivity index (χ2v) is 9.25. The average molecular weight is 524 g/mol. The van der Waals surface area contributed by atoms with Crippen molar-refractivity contribution in [3.05, 3.63) is 48.3 Å². The highest BCUT2D eigenvalue weighted by molar-refractivity contribution is 5.98. The molecule has 14 heteroatoms. The van der Waals surface area contributed by atoms with Crippen LogP contribution in [0, 0.1) is 5.92 Å². The number of anilines is 1. The molecular formula is C23H25F5N8O. The second kappa shape index (κ2) is 9.98. The van der Waals surface area contributed by atoms with E-state index in [1.54, 1.807) is 19.2 Å². The quantitative estimate of drug-likeness (QED) is 0.479. The van der Waals surface area contributed by atoms with Crippen molar-refractivity contribution < 1.29 is 26.7 Å². The van der Waals surface area contributed by atoms with E-state index in [0.29, 0.717) is 18.0 Å². The van der Waals surface area contributed by atoms with Crippen molar-refractivity contribution in [2.75, 3.05) is 18.4 Å². The highest BCUT2D eigenvalue weighted by atomic mass is 19.4. The van der Waals surface area contributed by atoms with E-state index in [2.05, 4.69) is 30.4 Å². The molecule has 1 amide bonds. The Balaban J connectivity index is 1.63. The molecule has 4 rings (SSSR count). The number of carbonyl (C=O) groups is 1. The van der Waals surface area contributed by atoms with Gasteiger partial charge in [-0.05, 0) is 25.8 Å². The van der Waals surface area contributed by atoms with Gasteiger partial charge in [0.15, 0.2) is 11.5 Å². The first-order valence-corrected chi connectivity index (χ1v) is 11.5. The van der Waals surface area contributed by atoms with Crippen LogP contribution < -0.4 is 5.32 Å². The summed E-state index contributed by atoms with van der Waals surface area (Å²) in [5.41, 5.74) is -0.781. The first kappa shape index (κ1) is 26.4. The molecule has 3 aromatic heterocycles. The molecule has 1 N–H and O–H groups in total. The summed E-state index contributed by atoms with van der Waals surface area (Å²) in [4.78, 5) is 30.4. The van der Waals surface area contributed by atoms with E-state index in [9.17, 15) is 26.7 Å². The standard InChI is InChI=1S/C23H25F5N8O/c1-13(2)36-11-16(19-29-5-4-6-30-19)18(34-36)20(37)35-12-22(24,25)7-14(3)17(35)10-33-21-31-8-15(9-32-21)23(26,27)28/h4-6,8-9,11,13-14,17H,7,10,12H2,1-3H3,(H,31,32,33)/t14-,17-/m1/s1. The summed E-state index contributed by atoms with van der Waals surface area (Å²) in [7, 11) is 0. The molecule has 0 radical (unpaired) electrons. The second-order valence-electron chi connectivity index (χ2n) is 9.25. The maximum atomic E-state index is 14.6. The number of likely N-dealkylation sites (tertiary alicyclic amines) is 1. The molecule has 1 fully saturated rings. The maximum absolute atomic E-state index is 14.6. The van der Waals surface area contributed by atoms with Crippen molar-refractivity contribution in [3.8, 4) is 11.4 Å². The van der Waals surface area contributed by atoms with Crippen molar-refractivity contribution in [1.29, 1.82) is 0 Å². The summed E-state index contributed by atoms with van der Waals surface area (Å²) >= 11 is 0. The molecule has 0 aliphatic carbocycles. The van der Waals surface area contributed by atoms with Gasteiger partial charge in [-0.1, -0.05) is 6.92 Å². The van der Waals surface area contributed by atoms with E-state index in [4.69, 9.17) is 0 Å². The topological polar surface area (TPSA) is 102 Å². The molecule has 1 saturated heterocycles. The number of hydrogen-bond donors (Lipinski definition) is 1. The molecule has 0 saturated carbocycles. The van der Waals surface area contributed by atoms with Crippen molar-refractivity contribution in [1.82, 2.24) is 34.6 Å². The maximum Gasteiger partial charge on any atom is 0.419 e. The largest absolute Gasteiger partial charge is 0.419 e. The van der Waals surface area contributed by atoms with E-state index >= 15 is 0 Å². The van der Waals surface area contributed by atoms with Crippen molar-refractivity contribution in [3.63, 3.8) is 0 Å². The number of nitrogens with zero attached hydrogens (tertiary/aromatic N) is 7. The molecule has 9 nitrogen and oxygen atoms in total. The van der Waals surface area contributed by atoms with Crippen LogP contribution in [0.1, 0.15) is 49.3 Å². The molecule has 1 aliphatic rings. The van der Waals surface area contributed by atoms with Gasteiger partial charge >= 0.3 is 6.18 Å². The van der Waals surface area contributed by atoms with Gasteiger partial charge < -0.3 is 10.2 Å². The third-order valence-electron chi connectivity index (χ3n) is 6.06. The monoisotopic (exact) mass is 524 g/mol. The van der Waals surface area contributed by atoms with Crippen LogP contribution in [0.15, 0.2) is 37.1 Å². The minimum atomic E-state index is -4.59. The van der Waals surface area contributed by atoms with E-state index in [1.807, 2.05) is 13.8 Å². The van der Waals surface area contributed by atoms with Crippen molar-refractivity contribution in [2.24, 2.45) is 5.92 Å². The van der Waals surface area contributed by atoms with Gasteiger partial charge in [0.1, 0.15) is 0 Å². The fraction of sp³-hybridized carbons (Fsp3) is 0.478. The molecule has 37 heavy (non-hydrogen) atoms. The molecule has 198 valence electrons. The van der Waals surface area contributed by atoms with Gasteiger partial charge in [-0.2, -0.15) is 18.3 Å². The number of piperidine rings is 1. The summed E-state index contributed by atoms with van der Waals surface area (Å²) in [6.45, 7) is 4.38. The van der Waals surface area contributed by atoms with Gasteiger partial charge in [-0.25, -0.2) is 28.7 Å². The van der Waals surface area contributed by atoms with Crippen LogP contribution in [-0.4, -0.2) is 65.6 Å². The smallest absolute Gasteiger partial charge is 0.352 e. The zero-order valence-electron chi connectivity index (χ0n) is 20.2. The van der Waals surface area contributed by atoms with Crippen LogP contribution in [0.2, 0.25) is 0 Å². The molecule has 0 unspecified atom stereocenters. The van der Waals surface area contributed by atoms with Crippen LogP contribution in [0.25, 0.3) is 11.4 Å². The van der Waals surface area contributed by atoms with Crippen LogP contribution in [0.3, 0.4) is 0 Å². The average Bonchev–Trinajstić information content (AvgIpc) is 3.28. The molecule has 0 spiro atoms. The predicted molar refractivity (Wildman–Crippen MR) is 123 cm³/mol. The van der Waals surface area contributed by atoms with Crippen molar-refractivity contribution >= 4 is 11.9 Å². The lowest BCUT2D eigenvalue weighted by Gasteiger charge is -2.43. The molecule has 2 atom stereocenters. The van der Waals surface area contributed by atoms with Crippen LogP contribution in [0.4, 0.5) is 27.9 Å². The molecule has 3 aromatic rings. The lowest BCUT2D eigenvalue weighted by atomic mass is 9.88. The third kappa shape index (κ3) is 5.83. The zero-order valence-corrected chi connectivity index (χ0v) is 20.2. The summed E-state index contributed by atoms with van der Waals surface area (Å²) in [5.74, 6) is -4.42. The fourth-order valence-corrected chi connectivity index (χ4v) is 4.19. The number of halogens is 5. The van der Waals surface area contributed by atoms with E-state index in [-0.39, 0.29) is 30.1 Å². The molecule has 1 aliphatic heterocycles. The number of hydrogen-bond acceptors (Lipinski definition) is 7. The Hall–Kier alpha value is -3.71. The molecule has 0 bridgehead atoms. The lowest BCUT2D eigenvalue weighted by Crippen LogP contribution is -2.57.